The lowest BCUT2D eigenvalue weighted by atomic mass is 10.1. The molecule has 0 aliphatic carbocycles. The summed E-state index contributed by atoms with van der Waals surface area (Å²) in [5.74, 6) is -0.740. The third kappa shape index (κ3) is 2.47. The first kappa shape index (κ1) is 14.0. The van der Waals surface area contributed by atoms with Gasteiger partial charge < -0.3 is 5.11 Å². The predicted molar refractivity (Wildman–Crippen MR) is 71.6 cm³/mol. The Morgan fingerprint density at radius 1 is 1.40 bits per heavy atom. The molecule has 0 aliphatic rings. The van der Waals surface area contributed by atoms with Gasteiger partial charge in [-0.25, -0.2) is 9.48 Å². The van der Waals surface area contributed by atoms with E-state index in [2.05, 4.69) is 10.1 Å². The van der Waals surface area contributed by atoms with E-state index in [0.717, 1.165) is 9.58 Å². The Kier molecular flexibility index (Phi) is 3.44. The Hall–Kier alpha value is -2.44. The van der Waals surface area contributed by atoms with Gasteiger partial charge in [0.05, 0.1) is 18.1 Å². The number of aromatic nitrogens is 3. The van der Waals surface area contributed by atoms with Gasteiger partial charge in [-0.1, -0.05) is 0 Å². The largest absolute Gasteiger partial charge is 0.465 e. The van der Waals surface area contributed by atoms with E-state index >= 15 is 0 Å². The molecule has 0 aliphatic heterocycles. The van der Waals surface area contributed by atoms with Gasteiger partial charge in [0.2, 0.25) is 5.95 Å². The summed E-state index contributed by atoms with van der Waals surface area (Å²) in [6.07, 6.45) is 2.97. The minimum Gasteiger partial charge on any atom is -0.465 e. The lowest BCUT2D eigenvalue weighted by Gasteiger charge is -2.31. The Bertz CT molecular complexity index is 619. The van der Waals surface area contributed by atoms with Crippen molar-refractivity contribution < 1.29 is 14.3 Å². The number of anilines is 1. The molecular formula is C13H15FN4O2. The molecule has 0 unspecified atom stereocenters. The summed E-state index contributed by atoms with van der Waals surface area (Å²) in [6, 6.07) is 3.28. The second kappa shape index (κ2) is 4.92. The van der Waals surface area contributed by atoms with E-state index in [-0.39, 0.29) is 5.69 Å². The second-order valence-electron chi connectivity index (χ2n) is 5.23. The molecule has 0 radical (unpaired) electrons. The summed E-state index contributed by atoms with van der Waals surface area (Å²) < 4.78 is 15.4. The third-order valence-corrected chi connectivity index (χ3v) is 2.69. The van der Waals surface area contributed by atoms with Crippen molar-refractivity contribution in [1.29, 1.82) is 0 Å². The second-order valence-corrected chi connectivity index (χ2v) is 5.23. The summed E-state index contributed by atoms with van der Waals surface area (Å²) in [5.41, 5.74) is -0.445. The lowest BCUT2D eigenvalue weighted by Crippen LogP contribution is -2.45. The molecule has 0 saturated carbocycles. The fourth-order valence-electron chi connectivity index (χ4n) is 1.89. The molecule has 0 aromatic carbocycles. The average molecular weight is 278 g/mol. The molecule has 6 nitrogen and oxygen atoms in total. The van der Waals surface area contributed by atoms with Crippen molar-refractivity contribution in [2.24, 2.45) is 0 Å². The van der Waals surface area contributed by atoms with Crippen LogP contribution < -0.4 is 4.90 Å². The Labute approximate surface area is 115 Å². The summed E-state index contributed by atoms with van der Waals surface area (Å²) in [4.78, 5) is 16.2. The highest BCUT2D eigenvalue weighted by Crippen LogP contribution is 2.27. The average Bonchev–Trinajstić information content (AvgIpc) is 2.70. The molecule has 20 heavy (non-hydrogen) atoms. The van der Waals surface area contributed by atoms with Crippen LogP contribution >= 0.6 is 0 Å². The zero-order valence-electron chi connectivity index (χ0n) is 11.4. The van der Waals surface area contributed by atoms with E-state index in [1.807, 2.05) is 0 Å². The van der Waals surface area contributed by atoms with Crippen molar-refractivity contribution in [1.82, 2.24) is 14.8 Å². The predicted octanol–water partition coefficient (Wildman–Crippen LogP) is 2.69. The van der Waals surface area contributed by atoms with Crippen molar-refractivity contribution in [3.05, 3.63) is 36.7 Å². The van der Waals surface area contributed by atoms with Gasteiger partial charge in [-0.3, -0.25) is 9.88 Å². The molecule has 2 heterocycles. The molecule has 2 aromatic heterocycles. The van der Waals surface area contributed by atoms with Crippen LogP contribution in [-0.2, 0) is 0 Å². The highest BCUT2D eigenvalue weighted by atomic mass is 19.1. The Morgan fingerprint density at radius 3 is 2.60 bits per heavy atom. The van der Waals surface area contributed by atoms with Gasteiger partial charge in [0.1, 0.15) is 5.69 Å². The van der Waals surface area contributed by atoms with E-state index in [1.54, 1.807) is 39.1 Å². The van der Waals surface area contributed by atoms with Gasteiger partial charge in [0, 0.05) is 11.7 Å². The highest BCUT2D eigenvalue weighted by Gasteiger charge is 2.32. The topological polar surface area (TPSA) is 71.2 Å². The number of nitrogens with zero attached hydrogens (tertiary/aromatic N) is 4. The van der Waals surface area contributed by atoms with Crippen LogP contribution in [0.1, 0.15) is 20.8 Å². The number of rotatable bonds is 2. The Balaban J connectivity index is 2.50. The standard InChI is InChI=1S/C13H15FN4O2/c1-13(2,3)17(12(19)20)10-8-16-18(11(10)14)9-5-4-6-15-7-9/h4-8H,1-3H3,(H,19,20). The fourth-order valence-corrected chi connectivity index (χ4v) is 1.89. The molecule has 2 aromatic rings. The minimum atomic E-state index is -1.23. The van der Waals surface area contributed by atoms with Crippen LogP contribution in [0, 0.1) is 5.95 Å². The smallest absolute Gasteiger partial charge is 0.412 e. The van der Waals surface area contributed by atoms with Gasteiger partial charge in [0.15, 0.2) is 0 Å². The van der Waals surface area contributed by atoms with Crippen LogP contribution in [0.25, 0.3) is 5.69 Å². The monoisotopic (exact) mass is 278 g/mol. The molecular weight excluding hydrogens is 263 g/mol. The van der Waals surface area contributed by atoms with Crippen LogP contribution in [0.15, 0.2) is 30.7 Å². The van der Waals surface area contributed by atoms with Crippen molar-refractivity contribution in [2.75, 3.05) is 4.90 Å². The molecule has 0 bridgehead atoms. The van der Waals surface area contributed by atoms with E-state index in [4.69, 9.17) is 0 Å². The van der Waals surface area contributed by atoms with Gasteiger partial charge in [-0.15, -0.1) is 0 Å². The number of hydrogen-bond donors (Lipinski definition) is 1. The molecule has 0 atom stereocenters. The molecule has 1 N–H and O–H groups in total. The summed E-state index contributed by atoms with van der Waals surface area (Å²) in [6.45, 7) is 5.05. The maximum Gasteiger partial charge on any atom is 0.412 e. The van der Waals surface area contributed by atoms with E-state index in [0.29, 0.717) is 5.69 Å². The minimum absolute atomic E-state index is 0.0890. The number of amides is 1. The quantitative estimate of drug-likeness (QED) is 0.916. The number of carbonyl (C=O) groups is 1. The number of carboxylic acid groups (broad SMARTS) is 1. The lowest BCUT2D eigenvalue weighted by molar-refractivity contribution is 0.195. The molecule has 106 valence electrons. The van der Waals surface area contributed by atoms with E-state index < -0.39 is 17.6 Å². The first-order valence-corrected chi connectivity index (χ1v) is 5.99. The van der Waals surface area contributed by atoms with Gasteiger partial charge >= 0.3 is 6.09 Å². The van der Waals surface area contributed by atoms with Gasteiger partial charge in [-0.05, 0) is 32.9 Å². The summed E-state index contributed by atoms with van der Waals surface area (Å²) in [7, 11) is 0. The first-order valence-electron chi connectivity index (χ1n) is 5.99. The van der Waals surface area contributed by atoms with E-state index in [1.165, 1.54) is 12.4 Å². The number of hydrogen-bond acceptors (Lipinski definition) is 3. The molecule has 1 amide bonds. The molecule has 7 heteroatoms. The van der Waals surface area contributed by atoms with Crippen LogP contribution in [0.4, 0.5) is 14.9 Å². The zero-order chi connectivity index (χ0) is 14.9. The van der Waals surface area contributed by atoms with Crippen molar-refractivity contribution in [2.45, 2.75) is 26.3 Å². The van der Waals surface area contributed by atoms with Crippen molar-refractivity contribution in [3.8, 4) is 5.69 Å². The maximum atomic E-state index is 14.4. The number of pyridine rings is 1. The van der Waals surface area contributed by atoms with Crippen LogP contribution in [0.3, 0.4) is 0 Å². The van der Waals surface area contributed by atoms with Gasteiger partial charge in [0.25, 0.3) is 0 Å². The first-order chi connectivity index (χ1) is 9.32. The van der Waals surface area contributed by atoms with Crippen molar-refractivity contribution >= 4 is 11.8 Å². The van der Waals surface area contributed by atoms with Crippen molar-refractivity contribution in [3.63, 3.8) is 0 Å². The molecule has 0 saturated heterocycles. The summed E-state index contributed by atoms with van der Waals surface area (Å²) in [5, 5.41) is 13.2. The molecule has 0 fully saturated rings. The fraction of sp³-hybridized carbons (Fsp3) is 0.308. The molecule has 2 rings (SSSR count). The highest BCUT2D eigenvalue weighted by molar-refractivity contribution is 5.87. The maximum absolute atomic E-state index is 14.4. The van der Waals surface area contributed by atoms with Crippen LogP contribution in [0.5, 0.6) is 0 Å². The normalized spacial score (nSPS) is 11.4. The number of halogens is 1. The van der Waals surface area contributed by atoms with Crippen LogP contribution in [-0.4, -0.2) is 31.5 Å². The van der Waals surface area contributed by atoms with Crippen LogP contribution in [0.2, 0.25) is 0 Å². The zero-order valence-corrected chi connectivity index (χ0v) is 11.4. The molecule has 0 spiro atoms. The SMILES string of the molecule is CC(C)(C)N(C(=O)O)c1cnn(-c2cccnc2)c1F. The third-order valence-electron chi connectivity index (χ3n) is 2.69. The Morgan fingerprint density at radius 2 is 2.10 bits per heavy atom. The van der Waals surface area contributed by atoms with E-state index in [9.17, 15) is 14.3 Å². The van der Waals surface area contributed by atoms with Gasteiger partial charge in [-0.2, -0.15) is 9.49 Å². The summed E-state index contributed by atoms with van der Waals surface area (Å²) >= 11 is 0.